The van der Waals surface area contributed by atoms with Crippen molar-refractivity contribution in [2.45, 2.75) is 19.0 Å². The lowest BCUT2D eigenvalue weighted by molar-refractivity contribution is 0.0366. The van der Waals surface area contributed by atoms with E-state index in [1.54, 1.807) is 13.2 Å². The van der Waals surface area contributed by atoms with Gasteiger partial charge >= 0.3 is 0 Å². The molecule has 33 heavy (non-hydrogen) atoms. The van der Waals surface area contributed by atoms with Crippen molar-refractivity contribution in [1.82, 2.24) is 10.2 Å². The first-order chi connectivity index (χ1) is 15.2. The fourth-order valence-electron chi connectivity index (χ4n) is 3.88. The van der Waals surface area contributed by atoms with Crippen LogP contribution in [0.15, 0.2) is 52.9 Å². The zero-order chi connectivity index (χ0) is 21.6. The smallest absolute Gasteiger partial charge is 0.287 e. The minimum atomic E-state index is -0.269. The van der Waals surface area contributed by atoms with E-state index < -0.39 is 0 Å². The number of nitrogens with one attached hydrogen (secondary N) is 1. The van der Waals surface area contributed by atoms with Crippen LogP contribution in [0.5, 0.6) is 5.75 Å². The molecule has 1 unspecified atom stereocenters. The molecule has 1 fully saturated rings. The number of hydrogen-bond acceptors (Lipinski definition) is 6. The molecule has 1 saturated heterocycles. The average molecular weight is 496 g/mol. The molecule has 0 radical (unpaired) electrons. The van der Waals surface area contributed by atoms with Crippen molar-refractivity contribution in [3.05, 3.63) is 65.4 Å². The molecule has 0 aliphatic carbocycles. The van der Waals surface area contributed by atoms with Crippen LogP contribution in [0.1, 0.15) is 34.1 Å². The molecule has 9 heteroatoms. The molecule has 0 saturated carbocycles. The lowest BCUT2D eigenvalue weighted by Crippen LogP contribution is -2.37. The molecule has 2 heterocycles. The van der Waals surface area contributed by atoms with Gasteiger partial charge in [-0.2, -0.15) is 0 Å². The summed E-state index contributed by atoms with van der Waals surface area (Å²) in [5.74, 6) is 0.563. The molecule has 1 aromatic heterocycles. The van der Waals surface area contributed by atoms with Gasteiger partial charge in [0.05, 0.1) is 20.3 Å². The highest BCUT2D eigenvalue weighted by Gasteiger charge is 2.21. The van der Waals surface area contributed by atoms with Crippen molar-refractivity contribution in [2.75, 3.05) is 40.0 Å². The van der Waals surface area contributed by atoms with Gasteiger partial charge in [0.15, 0.2) is 17.1 Å². The standard InChI is InChI=1S/C24H29N3O4.2ClH/c1-29-21-8-7-18(20(25)9-10-27-11-13-30-14-12-27)19-15-22(31-23(19)21)24(28)26-16-17-5-3-2-4-6-17;;/h2-8,15,20H,9-14,16,25H2,1H3,(H,26,28);2*1H. The van der Waals surface area contributed by atoms with E-state index in [4.69, 9.17) is 19.6 Å². The maximum atomic E-state index is 12.7. The third-order valence-electron chi connectivity index (χ3n) is 5.68. The van der Waals surface area contributed by atoms with Crippen LogP contribution in [0.3, 0.4) is 0 Å². The van der Waals surface area contributed by atoms with Crippen molar-refractivity contribution in [1.29, 1.82) is 0 Å². The number of methoxy groups -OCH3 is 1. The van der Waals surface area contributed by atoms with Gasteiger partial charge in [0.2, 0.25) is 0 Å². The van der Waals surface area contributed by atoms with Gasteiger partial charge in [0.1, 0.15) is 0 Å². The Morgan fingerprint density at radius 2 is 1.88 bits per heavy atom. The summed E-state index contributed by atoms with van der Waals surface area (Å²) in [4.78, 5) is 15.1. The quantitative estimate of drug-likeness (QED) is 0.491. The SMILES string of the molecule is COc1ccc(C(N)CCN2CCOCC2)c2cc(C(=O)NCc3ccccc3)oc12.Cl.Cl. The predicted molar refractivity (Wildman–Crippen MR) is 134 cm³/mol. The third kappa shape index (κ3) is 6.62. The van der Waals surface area contributed by atoms with Crippen LogP contribution in [0, 0.1) is 0 Å². The maximum Gasteiger partial charge on any atom is 0.287 e. The summed E-state index contributed by atoms with van der Waals surface area (Å²) in [6, 6.07) is 15.2. The van der Waals surface area contributed by atoms with Crippen LogP contribution in [-0.4, -0.2) is 50.8 Å². The van der Waals surface area contributed by atoms with Crippen LogP contribution in [0.2, 0.25) is 0 Å². The van der Waals surface area contributed by atoms with E-state index in [1.807, 2.05) is 42.5 Å². The fourth-order valence-corrected chi connectivity index (χ4v) is 3.88. The molecule has 2 aromatic carbocycles. The van der Waals surface area contributed by atoms with Crippen LogP contribution in [-0.2, 0) is 11.3 Å². The normalized spacial score (nSPS) is 14.7. The number of carbonyl (C=O) groups is 1. The molecule has 4 rings (SSSR count). The number of amides is 1. The second kappa shape index (κ2) is 12.8. The molecule has 7 nitrogen and oxygen atoms in total. The lowest BCUT2D eigenvalue weighted by atomic mass is 9.99. The summed E-state index contributed by atoms with van der Waals surface area (Å²) in [5, 5.41) is 3.73. The average Bonchev–Trinajstić information content (AvgIpc) is 3.27. The summed E-state index contributed by atoms with van der Waals surface area (Å²) < 4.78 is 16.8. The Balaban J connectivity index is 0.00000193. The summed E-state index contributed by atoms with van der Waals surface area (Å²) in [6.45, 7) is 4.74. The van der Waals surface area contributed by atoms with E-state index in [-0.39, 0.29) is 42.5 Å². The summed E-state index contributed by atoms with van der Waals surface area (Å²) in [7, 11) is 1.59. The van der Waals surface area contributed by atoms with Gasteiger partial charge in [-0.1, -0.05) is 36.4 Å². The number of halogens is 2. The Labute approximate surface area is 206 Å². The van der Waals surface area contributed by atoms with Crippen molar-refractivity contribution in [3.8, 4) is 5.75 Å². The summed E-state index contributed by atoms with van der Waals surface area (Å²) in [6.07, 6.45) is 0.808. The number of hydrogen-bond donors (Lipinski definition) is 2. The predicted octanol–water partition coefficient (Wildman–Crippen LogP) is 3.94. The Morgan fingerprint density at radius 1 is 1.15 bits per heavy atom. The summed E-state index contributed by atoms with van der Waals surface area (Å²) >= 11 is 0. The van der Waals surface area contributed by atoms with Crippen LogP contribution >= 0.6 is 24.8 Å². The van der Waals surface area contributed by atoms with Gasteiger partial charge < -0.3 is 24.9 Å². The molecule has 0 bridgehead atoms. The number of carbonyl (C=O) groups excluding carboxylic acids is 1. The van der Waals surface area contributed by atoms with Crippen LogP contribution < -0.4 is 15.8 Å². The zero-order valence-corrected chi connectivity index (χ0v) is 20.3. The number of benzene rings is 2. The first-order valence-electron chi connectivity index (χ1n) is 10.6. The number of nitrogens with two attached hydrogens (primary N) is 1. The molecular formula is C24H31Cl2N3O4. The Bertz CT molecular complexity index is 1020. The highest BCUT2D eigenvalue weighted by molar-refractivity contribution is 5.98. The van der Waals surface area contributed by atoms with E-state index in [0.29, 0.717) is 17.9 Å². The molecule has 1 aliphatic rings. The van der Waals surface area contributed by atoms with Crippen molar-refractivity contribution >= 4 is 41.7 Å². The first kappa shape index (κ1) is 27.0. The molecular weight excluding hydrogens is 465 g/mol. The highest BCUT2D eigenvalue weighted by Crippen LogP contribution is 2.34. The lowest BCUT2D eigenvalue weighted by Gasteiger charge is -2.27. The highest BCUT2D eigenvalue weighted by atomic mass is 35.5. The molecule has 1 amide bonds. The first-order valence-corrected chi connectivity index (χ1v) is 10.6. The second-order valence-corrected chi connectivity index (χ2v) is 7.73. The number of fused-ring (bicyclic) bond motifs is 1. The topological polar surface area (TPSA) is 90.0 Å². The number of nitrogens with zero attached hydrogens (tertiary/aromatic N) is 1. The van der Waals surface area contributed by atoms with E-state index in [2.05, 4.69) is 10.2 Å². The largest absolute Gasteiger partial charge is 0.493 e. The Morgan fingerprint density at radius 3 is 2.58 bits per heavy atom. The monoisotopic (exact) mass is 495 g/mol. The molecule has 3 aromatic rings. The number of morpholine rings is 1. The zero-order valence-electron chi connectivity index (χ0n) is 18.6. The molecule has 3 N–H and O–H groups in total. The molecule has 0 spiro atoms. The minimum absolute atomic E-state index is 0. The summed E-state index contributed by atoms with van der Waals surface area (Å²) in [5.41, 5.74) is 9.07. The van der Waals surface area contributed by atoms with E-state index in [0.717, 1.165) is 55.8 Å². The van der Waals surface area contributed by atoms with Gasteiger partial charge in [-0.25, -0.2) is 0 Å². The van der Waals surface area contributed by atoms with Crippen molar-refractivity contribution in [3.63, 3.8) is 0 Å². The van der Waals surface area contributed by atoms with Gasteiger partial charge in [-0.3, -0.25) is 9.69 Å². The Hall–Kier alpha value is -2.29. The van der Waals surface area contributed by atoms with Crippen LogP contribution in [0.25, 0.3) is 11.0 Å². The minimum Gasteiger partial charge on any atom is -0.493 e. The van der Waals surface area contributed by atoms with Gasteiger partial charge in [0.25, 0.3) is 5.91 Å². The molecule has 180 valence electrons. The van der Waals surface area contributed by atoms with Gasteiger partial charge in [0, 0.05) is 37.6 Å². The number of rotatable bonds is 8. The fraction of sp³-hybridized carbons (Fsp3) is 0.375. The number of ether oxygens (including phenoxy) is 2. The molecule has 1 atom stereocenters. The second-order valence-electron chi connectivity index (χ2n) is 7.73. The third-order valence-corrected chi connectivity index (χ3v) is 5.68. The van der Waals surface area contributed by atoms with Crippen molar-refractivity contribution in [2.24, 2.45) is 5.73 Å². The van der Waals surface area contributed by atoms with E-state index in [1.165, 1.54) is 0 Å². The van der Waals surface area contributed by atoms with Crippen LogP contribution in [0.4, 0.5) is 0 Å². The number of furan rings is 1. The van der Waals surface area contributed by atoms with Gasteiger partial charge in [-0.05, 0) is 29.7 Å². The maximum absolute atomic E-state index is 12.7. The van der Waals surface area contributed by atoms with E-state index in [9.17, 15) is 4.79 Å². The Kier molecular flexibility index (Phi) is 10.5. The van der Waals surface area contributed by atoms with Gasteiger partial charge in [-0.15, -0.1) is 24.8 Å². The van der Waals surface area contributed by atoms with Crippen molar-refractivity contribution < 1.29 is 18.7 Å². The molecule has 1 aliphatic heterocycles. The van der Waals surface area contributed by atoms with E-state index >= 15 is 0 Å².